The first-order chi connectivity index (χ1) is 9.63. The van der Waals surface area contributed by atoms with Gasteiger partial charge in [-0.2, -0.15) is 0 Å². The highest BCUT2D eigenvalue weighted by Crippen LogP contribution is 2.26. The molecule has 0 fully saturated rings. The number of ether oxygens (including phenoxy) is 1. The molecule has 2 aromatic carbocycles. The minimum absolute atomic E-state index is 0.258. The molecule has 1 atom stereocenters. The summed E-state index contributed by atoms with van der Waals surface area (Å²) in [5, 5.41) is 0.489. The predicted molar refractivity (Wildman–Crippen MR) is 78.2 cm³/mol. The van der Waals surface area contributed by atoms with Crippen LogP contribution in [0, 0.1) is 5.82 Å². The zero-order valence-corrected chi connectivity index (χ0v) is 11.8. The van der Waals surface area contributed by atoms with Crippen LogP contribution in [0.15, 0.2) is 42.5 Å². The topological polar surface area (TPSA) is 47.3 Å². The second-order valence-corrected chi connectivity index (χ2v) is 4.84. The number of hydrogen-bond donors (Lipinski definition) is 2. The van der Waals surface area contributed by atoms with Crippen molar-refractivity contribution in [1.82, 2.24) is 5.43 Å². The molecule has 3 N–H and O–H groups in total. The van der Waals surface area contributed by atoms with Crippen molar-refractivity contribution < 1.29 is 9.13 Å². The summed E-state index contributed by atoms with van der Waals surface area (Å²) in [4.78, 5) is 0. The number of hydrazine groups is 1. The Balaban J connectivity index is 2.21. The Kier molecular flexibility index (Phi) is 4.95. The molecule has 0 aromatic heterocycles. The largest absolute Gasteiger partial charge is 0.497 e. The van der Waals surface area contributed by atoms with Crippen molar-refractivity contribution in [2.45, 2.75) is 12.5 Å². The van der Waals surface area contributed by atoms with E-state index in [9.17, 15) is 4.39 Å². The van der Waals surface area contributed by atoms with Crippen molar-refractivity contribution in [3.8, 4) is 5.75 Å². The molecule has 2 rings (SSSR count). The normalized spacial score (nSPS) is 12.2. The molecule has 2 aromatic rings. The molecule has 0 heterocycles. The lowest BCUT2D eigenvalue weighted by Gasteiger charge is -2.18. The van der Waals surface area contributed by atoms with Crippen LogP contribution in [-0.2, 0) is 6.42 Å². The highest BCUT2D eigenvalue weighted by Gasteiger charge is 2.15. The molecular weight excluding hydrogens is 279 g/mol. The second kappa shape index (κ2) is 6.70. The van der Waals surface area contributed by atoms with Crippen molar-refractivity contribution in [3.05, 3.63) is 64.4 Å². The van der Waals surface area contributed by atoms with Crippen LogP contribution in [0.4, 0.5) is 4.39 Å². The van der Waals surface area contributed by atoms with Gasteiger partial charge in [-0.15, -0.1) is 0 Å². The van der Waals surface area contributed by atoms with E-state index in [0.29, 0.717) is 17.0 Å². The molecule has 5 heteroatoms. The van der Waals surface area contributed by atoms with Crippen LogP contribution in [-0.4, -0.2) is 7.11 Å². The molecule has 0 bridgehead atoms. The third-order valence-corrected chi connectivity index (χ3v) is 3.48. The van der Waals surface area contributed by atoms with Gasteiger partial charge in [-0.25, -0.2) is 4.39 Å². The van der Waals surface area contributed by atoms with Gasteiger partial charge in [-0.3, -0.25) is 11.3 Å². The van der Waals surface area contributed by atoms with Crippen molar-refractivity contribution in [1.29, 1.82) is 0 Å². The Labute approximate surface area is 122 Å². The van der Waals surface area contributed by atoms with E-state index in [-0.39, 0.29) is 11.9 Å². The molecule has 1 unspecified atom stereocenters. The maximum Gasteiger partial charge on any atom is 0.123 e. The molecular formula is C15H16ClFN2O. The summed E-state index contributed by atoms with van der Waals surface area (Å²) in [6, 6.07) is 11.6. The van der Waals surface area contributed by atoms with Crippen LogP contribution in [0.1, 0.15) is 17.2 Å². The Bertz CT molecular complexity index is 575. The SMILES string of the molecule is COc1ccc(CC(NN)c2cc(F)ccc2Cl)cc1. The molecule has 20 heavy (non-hydrogen) atoms. The quantitative estimate of drug-likeness (QED) is 0.657. The van der Waals surface area contributed by atoms with E-state index in [1.807, 2.05) is 24.3 Å². The molecule has 0 aliphatic heterocycles. The van der Waals surface area contributed by atoms with Crippen LogP contribution >= 0.6 is 11.6 Å². The lowest BCUT2D eigenvalue weighted by Crippen LogP contribution is -2.29. The van der Waals surface area contributed by atoms with Crippen LogP contribution in [0.25, 0.3) is 0 Å². The van der Waals surface area contributed by atoms with E-state index in [2.05, 4.69) is 5.43 Å². The fraction of sp³-hybridized carbons (Fsp3) is 0.200. The summed E-state index contributed by atoms with van der Waals surface area (Å²) < 4.78 is 18.4. The zero-order valence-electron chi connectivity index (χ0n) is 11.1. The molecule has 0 aliphatic carbocycles. The lowest BCUT2D eigenvalue weighted by atomic mass is 9.99. The van der Waals surface area contributed by atoms with Gasteiger partial charge in [0.2, 0.25) is 0 Å². The van der Waals surface area contributed by atoms with Gasteiger partial charge in [0.1, 0.15) is 11.6 Å². The molecule has 106 valence electrons. The van der Waals surface area contributed by atoms with E-state index >= 15 is 0 Å². The number of halogens is 2. The Hall–Kier alpha value is -1.62. The first-order valence-electron chi connectivity index (χ1n) is 6.18. The zero-order chi connectivity index (χ0) is 14.5. The van der Waals surface area contributed by atoms with Crippen LogP contribution in [0.3, 0.4) is 0 Å². The lowest BCUT2D eigenvalue weighted by molar-refractivity contribution is 0.414. The highest BCUT2D eigenvalue weighted by atomic mass is 35.5. The minimum atomic E-state index is -0.334. The first-order valence-corrected chi connectivity index (χ1v) is 6.56. The van der Waals surface area contributed by atoms with E-state index in [4.69, 9.17) is 22.2 Å². The molecule has 0 saturated heterocycles. The fourth-order valence-corrected chi connectivity index (χ4v) is 2.29. The third kappa shape index (κ3) is 3.48. The Morgan fingerprint density at radius 1 is 1.25 bits per heavy atom. The summed E-state index contributed by atoms with van der Waals surface area (Å²) in [6.45, 7) is 0. The standard InChI is InChI=1S/C15H16ClFN2O/c1-20-12-5-2-10(3-6-12)8-15(19-18)13-9-11(17)4-7-14(13)16/h2-7,9,15,19H,8,18H2,1H3. The van der Waals surface area contributed by atoms with Gasteiger partial charge in [0.05, 0.1) is 13.2 Å². The van der Waals surface area contributed by atoms with Gasteiger partial charge in [0.15, 0.2) is 0 Å². The van der Waals surface area contributed by atoms with Gasteiger partial charge >= 0.3 is 0 Å². The molecule has 0 radical (unpaired) electrons. The predicted octanol–water partition coefficient (Wildman–Crippen LogP) is 3.23. The van der Waals surface area contributed by atoms with Crippen molar-refractivity contribution in [2.24, 2.45) is 5.84 Å². The van der Waals surface area contributed by atoms with Crippen LogP contribution in [0.5, 0.6) is 5.75 Å². The first kappa shape index (κ1) is 14.8. The second-order valence-electron chi connectivity index (χ2n) is 4.44. The van der Waals surface area contributed by atoms with Gasteiger partial charge < -0.3 is 4.74 Å². The summed E-state index contributed by atoms with van der Waals surface area (Å²) in [6.07, 6.45) is 0.601. The smallest absolute Gasteiger partial charge is 0.123 e. The Morgan fingerprint density at radius 2 is 1.95 bits per heavy atom. The third-order valence-electron chi connectivity index (χ3n) is 3.13. The minimum Gasteiger partial charge on any atom is -0.497 e. The molecule has 0 aliphatic rings. The average Bonchev–Trinajstić information content (AvgIpc) is 2.48. The maximum atomic E-state index is 13.3. The van der Waals surface area contributed by atoms with Gasteiger partial charge in [0.25, 0.3) is 0 Å². The molecule has 3 nitrogen and oxygen atoms in total. The molecule has 0 spiro atoms. The number of hydrogen-bond acceptors (Lipinski definition) is 3. The van der Waals surface area contributed by atoms with E-state index in [1.165, 1.54) is 18.2 Å². The number of rotatable bonds is 5. The van der Waals surface area contributed by atoms with Crippen molar-refractivity contribution >= 4 is 11.6 Å². The molecule has 0 amide bonds. The van der Waals surface area contributed by atoms with E-state index in [1.54, 1.807) is 7.11 Å². The van der Waals surface area contributed by atoms with Gasteiger partial charge in [-0.1, -0.05) is 23.7 Å². The monoisotopic (exact) mass is 294 g/mol. The summed E-state index contributed by atoms with van der Waals surface area (Å²) in [7, 11) is 1.62. The van der Waals surface area contributed by atoms with Gasteiger partial charge in [-0.05, 0) is 47.9 Å². The summed E-state index contributed by atoms with van der Waals surface area (Å²) in [5.41, 5.74) is 4.37. The van der Waals surface area contributed by atoms with Gasteiger partial charge in [0, 0.05) is 5.02 Å². The van der Waals surface area contributed by atoms with Crippen LogP contribution < -0.4 is 16.0 Å². The fourth-order valence-electron chi connectivity index (χ4n) is 2.04. The average molecular weight is 295 g/mol. The van der Waals surface area contributed by atoms with Crippen molar-refractivity contribution in [3.63, 3.8) is 0 Å². The number of methoxy groups -OCH3 is 1. The van der Waals surface area contributed by atoms with Crippen molar-refractivity contribution in [2.75, 3.05) is 7.11 Å². The van der Waals surface area contributed by atoms with Crippen LogP contribution in [0.2, 0.25) is 5.02 Å². The van der Waals surface area contributed by atoms with E-state index < -0.39 is 0 Å². The highest BCUT2D eigenvalue weighted by molar-refractivity contribution is 6.31. The summed E-state index contributed by atoms with van der Waals surface area (Å²) >= 11 is 6.10. The number of nitrogens with two attached hydrogens (primary N) is 1. The Morgan fingerprint density at radius 3 is 2.55 bits per heavy atom. The maximum absolute atomic E-state index is 13.3. The number of nitrogens with one attached hydrogen (secondary N) is 1. The number of benzene rings is 2. The van der Waals surface area contributed by atoms with E-state index in [0.717, 1.165) is 11.3 Å². The summed E-state index contributed by atoms with van der Waals surface area (Å²) in [5.74, 6) is 6.02. The molecule has 0 saturated carbocycles.